The first-order valence-electron chi connectivity index (χ1n) is 8.33. The predicted molar refractivity (Wildman–Crippen MR) is 102 cm³/mol. The van der Waals surface area contributed by atoms with Crippen LogP contribution in [0, 0.1) is 5.82 Å². The molecule has 8 heteroatoms. The van der Waals surface area contributed by atoms with E-state index in [9.17, 15) is 17.6 Å². The van der Waals surface area contributed by atoms with Gasteiger partial charge in [-0.25, -0.2) is 4.39 Å². The molecule has 0 bridgehead atoms. The molecule has 0 saturated carbocycles. The van der Waals surface area contributed by atoms with Crippen molar-refractivity contribution in [2.24, 2.45) is 0 Å². The summed E-state index contributed by atoms with van der Waals surface area (Å²) in [6.45, 7) is 5.61. The molecule has 0 N–H and O–H groups in total. The van der Waals surface area contributed by atoms with E-state index in [-0.39, 0.29) is 29.1 Å². The summed E-state index contributed by atoms with van der Waals surface area (Å²) in [5.74, 6) is -0.647. The Labute approximate surface area is 163 Å². The molecule has 2 rings (SSSR count). The number of benzene rings is 2. The zero-order valence-electron chi connectivity index (χ0n) is 15.2. The van der Waals surface area contributed by atoms with Gasteiger partial charge >= 0.3 is 10.1 Å². The molecule has 0 fully saturated rings. The molecule has 0 saturated heterocycles. The van der Waals surface area contributed by atoms with Crippen LogP contribution < -0.4 is 4.18 Å². The average molecular weight is 414 g/mol. The third-order valence-electron chi connectivity index (χ3n) is 3.81. The smallest absolute Gasteiger partial charge is 0.339 e. The van der Waals surface area contributed by atoms with E-state index in [0.29, 0.717) is 5.56 Å². The van der Waals surface area contributed by atoms with Crippen LogP contribution in [0.25, 0.3) is 0 Å². The van der Waals surface area contributed by atoms with Crippen molar-refractivity contribution >= 4 is 27.6 Å². The van der Waals surface area contributed by atoms with E-state index in [2.05, 4.69) is 0 Å². The lowest BCUT2D eigenvalue weighted by molar-refractivity contribution is -0.132. The summed E-state index contributed by atoms with van der Waals surface area (Å²) in [5.41, 5.74) is 0.696. The van der Waals surface area contributed by atoms with Crippen LogP contribution in [0.3, 0.4) is 0 Å². The van der Waals surface area contributed by atoms with Gasteiger partial charge in [-0.3, -0.25) is 4.79 Å². The lowest BCUT2D eigenvalue weighted by atomic mass is 10.1. The maximum Gasteiger partial charge on any atom is 0.339 e. The Bertz CT molecular complexity index is 898. The minimum atomic E-state index is -4.09. The quantitative estimate of drug-likeness (QED) is 0.509. The standard InChI is InChI=1S/C19H21ClFNO4S/c1-13(2)22(19(23)14(3)20)12-15-5-4-6-17(11-15)26-27(24,25)18-9-7-16(21)8-10-18/h4-11,13-14H,12H2,1-3H3. The zero-order valence-corrected chi connectivity index (χ0v) is 16.8. The minimum Gasteiger partial charge on any atom is -0.379 e. The highest BCUT2D eigenvalue weighted by molar-refractivity contribution is 7.87. The highest BCUT2D eigenvalue weighted by Crippen LogP contribution is 2.22. The summed E-state index contributed by atoms with van der Waals surface area (Å²) in [7, 11) is -4.09. The Morgan fingerprint density at radius 2 is 1.78 bits per heavy atom. The molecule has 1 unspecified atom stereocenters. The summed E-state index contributed by atoms with van der Waals surface area (Å²) in [6, 6.07) is 10.7. The van der Waals surface area contributed by atoms with Gasteiger partial charge < -0.3 is 9.08 Å². The van der Waals surface area contributed by atoms with Crippen LogP contribution in [0.2, 0.25) is 0 Å². The minimum absolute atomic E-state index is 0.0776. The second-order valence-electron chi connectivity index (χ2n) is 6.31. The van der Waals surface area contributed by atoms with Crippen molar-refractivity contribution < 1.29 is 21.8 Å². The van der Waals surface area contributed by atoms with Gasteiger partial charge in [0.1, 0.15) is 21.8 Å². The Morgan fingerprint density at radius 1 is 1.15 bits per heavy atom. The molecule has 0 aromatic heterocycles. The van der Waals surface area contributed by atoms with Crippen LogP contribution >= 0.6 is 11.6 Å². The highest BCUT2D eigenvalue weighted by atomic mass is 35.5. The van der Waals surface area contributed by atoms with Gasteiger partial charge in [-0.2, -0.15) is 8.42 Å². The largest absolute Gasteiger partial charge is 0.379 e. The molecule has 2 aromatic carbocycles. The number of hydrogen-bond acceptors (Lipinski definition) is 4. The highest BCUT2D eigenvalue weighted by Gasteiger charge is 2.22. The fourth-order valence-electron chi connectivity index (χ4n) is 2.41. The number of halogens is 2. The molecular formula is C19H21ClFNO4S. The molecule has 5 nitrogen and oxygen atoms in total. The molecule has 1 amide bonds. The van der Waals surface area contributed by atoms with E-state index < -0.39 is 21.3 Å². The van der Waals surface area contributed by atoms with Gasteiger partial charge in [-0.05, 0) is 62.7 Å². The van der Waals surface area contributed by atoms with Crippen molar-refractivity contribution in [1.29, 1.82) is 0 Å². The van der Waals surface area contributed by atoms with Gasteiger partial charge in [0, 0.05) is 12.6 Å². The van der Waals surface area contributed by atoms with E-state index in [1.165, 1.54) is 6.07 Å². The second-order valence-corrected chi connectivity index (χ2v) is 8.52. The number of hydrogen-bond donors (Lipinski definition) is 0. The molecule has 0 aliphatic rings. The number of amides is 1. The van der Waals surface area contributed by atoms with Gasteiger partial charge in [-0.1, -0.05) is 12.1 Å². The van der Waals surface area contributed by atoms with E-state index in [0.717, 1.165) is 24.3 Å². The second kappa shape index (κ2) is 8.71. The van der Waals surface area contributed by atoms with E-state index in [4.69, 9.17) is 15.8 Å². The predicted octanol–water partition coefficient (Wildman–Crippen LogP) is 3.96. The van der Waals surface area contributed by atoms with Crippen LogP contribution in [0.5, 0.6) is 5.75 Å². The van der Waals surface area contributed by atoms with Crippen LogP contribution in [0.1, 0.15) is 26.3 Å². The van der Waals surface area contributed by atoms with Gasteiger partial charge in [0.25, 0.3) is 0 Å². The molecule has 27 heavy (non-hydrogen) atoms. The number of rotatable bonds is 7. The van der Waals surface area contributed by atoms with Gasteiger partial charge in [0.05, 0.1) is 0 Å². The molecule has 0 aliphatic carbocycles. The normalized spacial score (nSPS) is 12.7. The van der Waals surface area contributed by atoms with Crippen LogP contribution in [0.4, 0.5) is 4.39 Å². The SMILES string of the molecule is CC(Cl)C(=O)N(Cc1cccc(OS(=O)(=O)c2ccc(F)cc2)c1)C(C)C. The van der Waals surface area contributed by atoms with Crippen molar-refractivity contribution in [1.82, 2.24) is 4.90 Å². The van der Waals surface area contributed by atoms with E-state index in [1.54, 1.807) is 30.0 Å². The van der Waals surface area contributed by atoms with Gasteiger partial charge in [-0.15, -0.1) is 11.6 Å². The summed E-state index contributed by atoms with van der Waals surface area (Å²) in [6.07, 6.45) is 0. The van der Waals surface area contributed by atoms with Crippen molar-refractivity contribution in [2.45, 2.75) is 43.6 Å². The first kappa shape index (κ1) is 21.2. The molecule has 146 valence electrons. The zero-order chi connectivity index (χ0) is 20.2. The first-order chi connectivity index (χ1) is 12.6. The fraction of sp³-hybridized carbons (Fsp3) is 0.316. The monoisotopic (exact) mass is 413 g/mol. The molecule has 0 heterocycles. The lowest BCUT2D eigenvalue weighted by Gasteiger charge is -2.28. The van der Waals surface area contributed by atoms with Crippen molar-refractivity contribution in [3.05, 3.63) is 59.9 Å². The number of carbonyl (C=O) groups is 1. The van der Waals surface area contributed by atoms with Crippen LogP contribution in [0.15, 0.2) is 53.4 Å². The van der Waals surface area contributed by atoms with Crippen LogP contribution in [-0.4, -0.2) is 30.6 Å². The molecule has 1 atom stereocenters. The molecule has 0 aliphatic heterocycles. The number of nitrogens with zero attached hydrogens (tertiary/aromatic N) is 1. The number of carbonyl (C=O) groups excluding carboxylic acids is 1. The third kappa shape index (κ3) is 5.68. The summed E-state index contributed by atoms with van der Waals surface area (Å²) < 4.78 is 42.8. The Hall–Kier alpha value is -2.12. The summed E-state index contributed by atoms with van der Waals surface area (Å²) in [5, 5.41) is -0.661. The van der Waals surface area contributed by atoms with E-state index >= 15 is 0 Å². The average Bonchev–Trinajstić information content (AvgIpc) is 2.59. The Morgan fingerprint density at radius 3 is 2.33 bits per heavy atom. The van der Waals surface area contributed by atoms with Gasteiger partial charge in [0.2, 0.25) is 5.91 Å². The summed E-state index contributed by atoms with van der Waals surface area (Å²) >= 11 is 5.91. The topological polar surface area (TPSA) is 63.7 Å². The molecule has 0 spiro atoms. The Balaban J connectivity index is 2.21. The summed E-state index contributed by atoms with van der Waals surface area (Å²) in [4.78, 5) is 13.7. The first-order valence-corrected chi connectivity index (χ1v) is 10.2. The van der Waals surface area contributed by atoms with Crippen molar-refractivity contribution in [2.75, 3.05) is 0 Å². The Kier molecular flexibility index (Phi) is 6.84. The molecule has 2 aromatic rings. The lowest BCUT2D eigenvalue weighted by Crippen LogP contribution is -2.40. The number of alkyl halides is 1. The molecule has 0 radical (unpaired) electrons. The maximum absolute atomic E-state index is 13.0. The third-order valence-corrected chi connectivity index (χ3v) is 5.25. The van der Waals surface area contributed by atoms with Crippen LogP contribution in [-0.2, 0) is 21.5 Å². The molecular weight excluding hydrogens is 393 g/mol. The van der Waals surface area contributed by atoms with Crippen molar-refractivity contribution in [3.8, 4) is 5.75 Å². The maximum atomic E-state index is 13.0. The fourth-order valence-corrected chi connectivity index (χ4v) is 3.46. The van der Waals surface area contributed by atoms with Gasteiger partial charge in [0.15, 0.2) is 0 Å². The van der Waals surface area contributed by atoms with E-state index in [1.807, 2.05) is 13.8 Å². The van der Waals surface area contributed by atoms with Crippen molar-refractivity contribution in [3.63, 3.8) is 0 Å².